The molecule has 0 aliphatic rings. The Morgan fingerprint density at radius 2 is 2.44 bits per heavy atom. The second-order valence-corrected chi connectivity index (χ2v) is 4.72. The number of thiophene rings is 1. The largest absolute Gasteiger partial charge is 0.321 e. The number of rotatable bonds is 5. The smallest absolute Gasteiger partial charge is 0.191 e. The van der Waals surface area contributed by atoms with Crippen molar-refractivity contribution in [1.29, 1.82) is 0 Å². The number of hydrogen-bond donors (Lipinski definition) is 2. The molecule has 1 atom stereocenters. The van der Waals surface area contributed by atoms with Gasteiger partial charge >= 0.3 is 0 Å². The summed E-state index contributed by atoms with van der Waals surface area (Å²) in [7, 11) is 0. The maximum Gasteiger partial charge on any atom is 0.191 e. The third-order valence-corrected chi connectivity index (χ3v) is 3.33. The Kier molecular flexibility index (Phi) is 3.69. The fourth-order valence-electron chi connectivity index (χ4n) is 1.52. The predicted molar refractivity (Wildman–Crippen MR) is 66.1 cm³/mol. The number of H-pyrrole nitrogens is 1. The molecule has 86 valence electrons. The molecule has 2 rings (SSSR count). The van der Waals surface area contributed by atoms with Crippen LogP contribution < -0.4 is 5.73 Å². The summed E-state index contributed by atoms with van der Waals surface area (Å²) >= 11 is 1.63. The number of nitrogens with two attached hydrogens (primary N) is 1. The average Bonchev–Trinajstić information content (AvgIpc) is 2.94. The van der Waals surface area contributed by atoms with E-state index >= 15 is 0 Å². The van der Waals surface area contributed by atoms with E-state index in [9.17, 15) is 0 Å². The van der Waals surface area contributed by atoms with Gasteiger partial charge in [-0.15, -0.1) is 11.3 Å². The molecule has 0 radical (unpaired) electrons. The van der Waals surface area contributed by atoms with Gasteiger partial charge in [0.25, 0.3) is 0 Å². The molecule has 2 aromatic rings. The Balaban J connectivity index is 2.07. The molecular formula is C11H16N4S. The standard InChI is InChI=1S/C11H16N4S/c1-2-3-5-8(12)10-13-11(15-14-10)9-6-4-7-16-9/h4,6-8H,2-3,5,12H2,1H3,(H,13,14,15). The normalized spacial score (nSPS) is 12.9. The zero-order chi connectivity index (χ0) is 11.4. The van der Waals surface area contributed by atoms with Gasteiger partial charge in [0, 0.05) is 0 Å². The molecule has 0 saturated carbocycles. The zero-order valence-corrected chi connectivity index (χ0v) is 10.1. The van der Waals surface area contributed by atoms with Gasteiger partial charge in [-0.2, -0.15) is 5.10 Å². The van der Waals surface area contributed by atoms with Crippen LogP contribution in [0.5, 0.6) is 0 Å². The van der Waals surface area contributed by atoms with Gasteiger partial charge in [0.15, 0.2) is 5.82 Å². The Morgan fingerprint density at radius 1 is 1.56 bits per heavy atom. The minimum atomic E-state index is -0.0267. The molecule has 1 unspecified atom stereocenters. The van der Waals surface area contributed by atoms with Gasteiger partial charge in [0.1, 0.15) is 5.82 Å². The van der Waals surface area contributed by atoms with Crippen molar-refractivity contribution in [3.63, 3.8) is 0 Å². The van der Waals surface area contributed by atoms with Crippen molar-refractivity contribution in [2.24, 2.45) is 5.73 Å². The molecule has 16 heavy (non-hydrogen) atoms. The van der Waals surface area contributed by atoms with Crippen LogP contribution in [0.15, 0.2) is 17.5 Å². The van der Waals surface area contributed by atoms with Gasteiger partial charge in [-0.25, -0.2) is 4.98 Å². The quantitative estimate of drug-likeness (QED) is 0.838. The van der Waals surface area contributed by atoms with Crippen molar-refractivity contribution in [1.82, 2.24) is 15.2 Å². The minimum Gasteiger partial charge on any atom is -0.321 e. The molecule has 2 aromatic heterocycles. The van der Waals surface area contributed by atoms with E-state index in [1.54, 1.807) is 11.3 Å². The summed E-state index contributed by atoms with van der Waals surface area (Å²) in [5, 5.41) is 9.12. The van der Waals surface area contributed by atoms with Crippen molar-refractivity contribution in [2.75, 3.05) is 0 Å². The van der Waals surface area contributed by atoms with E-state index in [4.69, 9.17) is 5.73 Å². The van der Waals surface area contributed by atoms with Crippen molar-refractivity contribution < 1.29 is 0 Å². The maximum atomic E-state index is 6.02. The first-order chi connectivity index (χ1) is 7.81. The van der Waals surface area contributed by atoms with E-state index in [1.807, 2.05) is 17.5 Å². The molecule has 4 nitrogen and oxygen atoms in total. The number of aromatic nitrogens is 3. The third kappa shape index (κ3) is 2.48. The number of nitrogens with one attached hydrogen (secondary N) is 1. The third-order valence-electron chi connectivity index (χ3n) is 2.46. The molecule has 0 aromatic carbocycles. The fourth-order valence-corrected chi connectivity index (χ4v) is 2.17. The summed E-state index contributed by atoms with van der Waals surface area (Å²) in [4.78, 5) is 5.50. The Hall–Kier alpha value is -1.20. The van der Waals surface area contributed by atoms with Crippen LogP contribution >= 0.6 is 11.3 Å². The lowest BCUT2D eigenvalue weighted by atomic mass is 10.1. The van der Waals surface area contributed by atoms with Crippen LogP contribution in [0.25, 0.3) is 10.7 Å². The van der Waals surface area contributed by atoms with Crippen molar-refractivity contribution in [2.45, 2.75) is 32.2 Å². The minimum absolute atomic E-state index is 0.0267. The lowest BCUT2D eigenvalue weighted by molar-refractivity contribution is 0.577. The van der Waals surface area contributed by atoms with Gasteiger partial charge < -0.3 is 5.73 Å². The van der Waals surface area contributed by atoms with Crippen LogP contribution in [0.4, 0.5) is 0 Å². The summed E-state index contributed by atoms with van der Waals surface area (Å²) in [6, 6.07) is 3.98. The van der Waals surface area contributed by atoms with Gasteiger partial charge in [0.2, 0.25) is 0 Å². The molecule has 0 bridgehead atoms. The van der Waals surface area contributed by atoms with E-state index in [1.165, 1.54) is 0 Å². The van der Waals surface area contributed by atoms with E-state index in [0.717, 1.165) is 35.8 Å². The molecule has 5 heteroatoms. The number of hydrogen-bond acceptors (Lipinski definition) is 4. The second kappa shape index (κ2) is 5.23. The van der Waals surface area contributed by atoms with Gasteiger partial charge in [-0.05, 0) is 17.9 Å². The summed E-state index contributed by atoms with van der Waals surface area (Å²) in [5.74, 6) is 1.54. The average molecular weight is 236 g/mol. The van der Waals surface area contributed by atoms with Crippen molar-refractivity contribution in [3.05, 3.63) is 23.3 Å². The Bertz CT molecular complexity index is 421. The molecule has 3 N–H and O–H groups in total. The topological polar surface area (TPSA) is 67.6 Å². The van der Waals surface area contributed by atoms with E-state index in [2.05, 4.69) is 22.1 Å². The summed E-state index contributed by atoms with van der Waals surface area (Å²) in [6.45, 7) is 2.16. The van der Waals surface area contributed by atoms with E-state index < -0.39 is 0 Å². The van der Waals surface area contributed by atoms with E-state index in [-0.39, 0.29) is 6.04 Å². The molecule has 0 amide bonds. The highest BCUT2D eigenvalue weighted by Gasteiger charge is 2.12. The summed E-state index contributed by atoms with van der Waals surface area (Å²) in [6.07, 6.45) is 3.23. The van der Waals surface area contributed by atoms with Gasteiger partial charge in [0.05, 0.1) is 10.9 Å². The highest BCUT2D eigenvalue weighted by atomic mass is 32.1. The molecule has 2 heterocycles. The highest BCUT2D eigenvalue weighted by molar-refractivity contribution is 7.13. The zero-order valence-electron chi connectivity index (χ0n) is 9.31. The lowest BCUT2D eigenvalue weighted by Gasteiger charge is -2.05. The first-order valence-electron chi connectivity index (χ1n) is 5.53. The second-order valence-electron chi connectivity index (χ2n) is 3.77. The number of nitrogens with zero attached hydrogens (tertiary/aromatic N) is 2. The number of unbranched alkanes of at least 4 members (excludes halogenated alkanes) is 1. The van der Waals surface area contributed by atoms with Crippen molar-refractivity contribution in [3.8, 4) is 10.7 Å². The molecule has 0 aliphatic heterocycles. The first-order valence-corrected chi connectivity index (χ1v) is 6.41. The van der Waals surface area contributed by atoms with Crippen LogP contribution in [0.1, 0.15) is 38.1 Å². The van der Waals surface area contributed by atoms with Crippen LogP contribution in [-0.2, 0) is 0 Å². The van der Waals surface area contributed by atoms with Crippen LogP contribution in [0, 0.1) is 0 Å². The van der Waals surface area contributed by atoms with Gasteiger partial charge in [-0.1, -0.05) is 25.8 Å². The lowest BCUT2D eigenvalue weighted by Crippen LogP contribution is -2.11. The maximum absolute atomic E-state index is 6.02. The Labute approximate surface area is 98.9 Å². The SMILES string of the molecule is CCCCC(N)c1nc(-c2cccs2)n[nH]1. The summed E-state index contributed by atoms with van der Waals surface area (Å²) in [5.41, 5.74) is 6.02. The van der Waals surface area contributed by atoms with E-state index in [0.29, 0.717) is 0 Å². The molecule has 0 spiro atoms. The number of aromatic amines is 1. The predicted octanol–water partition coefficient (Wildman–Crippen LogP) is 2.72. The monoisotopic (exact) mass is 236 g/mol. The Morgan fingerprint density at radius 3 is 3.12 bits per heavy atom. The highest BCUT2D eigenvalue weighted by Crippen LogP contribution is 2.22. The van der Waals surface area contributed by atoms with Crippen LogP contribution in [0.3, 0.4) is 0 Å². The molecule has 0 aliphatic carbocycles. The molecule has 0 saturated heterocycles. The van der Waals surface area contributed by atoms with Crippen molar-refractivity contribution >= 4 is 11.3 Å². The van der Waals surface area contributed by atoms with Crippen LogP contribution in [-0.4, -0.2) is 15.2 Å². The molecule has 0 fully saturated rings. The van der Waals surface area contributed by atoms with Gasteiger partial charge in [-0.3, -0.25) is 5.10 Å². The fraction of sp³-hybridized carbons (Fsp3) is 0.455. The van der Waals surface area contributed by atoms with Crippen LogP contribution in [0.2, 0.25) is 0 Å². The first kappa shape index (κ1) is 11.3. The molecular weight excluding hydrogens is 220 g/mol. The summed E-state index contributed by atoms with van der Waals surface area (Å²) < 4.78 is 0.